The highest BCUT2D eigenvalue weighted by atomic mass is 35.5. The Morgan fingerprint density at radius 3 is 2.54 bits per heavy atom. The molecule has 1 saturated carbocycles. The van der Waals surface area contributed by atoms with Crippen molar-refractivity contribution in [3.8, 4) is 5.75 Å². The summed E-state index contributed by atoms with van der Waals surface area (Å²) in [5, 5.41) is 3.79. The van der Waals surface area contributed by atoms with Crippen LogP contribution in [0.25, 0.3) is 0 Å². The van der Waals surface area contributed by atoms with Gasteiger partial charge in [-0.2, -0.15) is 0 Å². The molecule has 0 saturated heterocycles. The lowest BCUT2D eigenvalue weighted by Crippen LogP contribution is -2.33. The van der Waals surface area contributed by atoms with Gasteiger partial charge in [0.05, 0.1) is 11.1 Å². The maximum absolute atomic E-state index is 13.0. The first-order chi connectivity index (χ1) is 11.5. The Balaban J connectivity index is 1.61. The van der Waals surface area contributed by atoms with Crippen LogP contribution in [0.1, 0.15) is 24.4 Å². The first kappa shape index (κ1) is 17.1. The minimum Gasteiger partial charge on any atom is -0.482 e. The van der Waals surface area contributed by atoms with E-state index in [0.717, 1.165) is 24.5 Å². The fraction of sp³-hybridized carbons (Fsp3) is 0.278. The number of ether oxygens (including phenoxy) is 1. The molecule has 1 atom stereocenters. The van der Waals surface area contributed by atoms with Gasteiger partial charge in [0.25, 0.3) is 5.91 Å². The minimum absolute atomic E-state index is 0.0537. The van der Waals surface area contributed by atoms with E-state index in [-0.39, 0.29) is 29.3 Å². The van der Waals surface area contributed by atoms with E-state index in [1.54, 1.807) is 0 Å². The van der Waals surface area contributed by atoms with Crippen LogP contribution in [-0.2, 0) is 4.79 Å². The lowest BCUT2D eigenvalue weighted by atomic mass is 10.0. The van der Waals surface area contributed by atoms with Gasteiger partial charge in [-0.25, -0.2) is 4.39 Å². The molecule has 3 rings (SSSR count). The number of carbonyl (C=O) groups excluding carboxylic acids is 1. The quantitative estimate of drug-likeness (QED) is 0.797. The summed E-state index contributed by atoms with van der Waals surface area (Å²) in [6.07, 6.45) is 2.16. The van der Waals surface area contributed by atoms with Gasteiger partial charge < -0.3 is 10.1 Å². The van der Waals surface area contributed by atoms with Crippen molar-refractivity contribution in [2.24, 2.45) is 5.92 Å². The fourth-order valence-corrected chi connectivity index (χ4v) is 2.87. The normalized spacial score (nSPS) is 15.0. The summed E-state index contributed by atoms with van der Waals surface area (Å²) < 4.78 is 18.4. The number of benzene rings is 2. The van der Waals surface area contributed by atoms with E-state index < -0.39 is 5.82 Å². The molecule has 6 heteroatoms. The van der Waals surface area contributed by atoms with E-state index in [9.17, 15) is 9.18 Å². The van der Waals surface area contributed by atoms with E-state index in [0.29, 0.717) is 10.9 Å². The molecule has 2 aromatic carbocycles. The molecular weight excluding hydrogens is 352 g/mol. The second-order valence-corrected chi connectivity index (χ2v) is 6.64. The number of amides is 1. The summed E-state index contributed by atoms with van der Waals surface area (Å²) >= 11 is 11.8. The highest BCUT2D eigenvalue weighted by Crippen LogP contribution is 2.41. The first-order valence-electron chi connectivity index (χ1n) is 7.65. The molecule has 2 aromatic rings. The fourth-order valence-electron chi connectivity index (χ4n) is 2.52. The van der Waals surface area contributed by atoms with Gasteiger partial charge in [-0.1, -0.05) is 35.3 Å². The second-order valence-electron chi connectivity index (χ2n) is 5.80. The smallest absolute Gasteiger partial charge is 0.258 e. The Morgan fingerprint density at radius 2 is 1.92 bits per heavy atom. The summed E-state index contributed by atoms with van der Waals surface area (Å²) in [6, 6.07) is 11.2. The Labute approximate surface area is 149 Å². The average Bonchev–Trinajstić information content (AvgIpc) is 3.37. The molecule has 1 aliphatic rings. The predicted octanol–water partition coefficient (Wildman–Crippen LogP) is 4.78. The molecule has 0 radical (unpaired) electrons. The van der Waals surface area contributed by atoms with Crippen molar-refractivity contribution < 1.29 is 13.9 Å². The van der Waals surface area contributed by atoms with Gasteiger partial charge in [-0.15, -0.1) is 0 Å². The van der Waals surface area contributed by atoms with E-state index >= 15 is 0 Å². The zero-order valence-corrected chi connectivity index (χ0v) is 14.3. The molecule has 0 spiro atoms. The molecule has 1 aliphatic carbocycles. The third kappa shape index (κ3) is 4.40. The maximum Gasteiger partial charge on any atom is 0.258 e. The van der Waals surface area contributed by atoms with Gasteiger partial charge in [0, 0.05) is 5.02 Å². The van der Waals surface area contributed by atoms with E-state index in [2.05, 4.69) is 5.32 Å². The number of halogens is 3. The summed E-state index contributed by atoms with van der Waals surface area (Å²) in [6.45, 7) is -0.178. The van der Waals surface area contributed by atoms with Crippen LogP contribution in [0.4, 0.5) is 4.39 Å². The van der Waals surface area contributed by atoms with Crippen LogP contribution >= 0.6 is 23.2 Å². The number of hydrogen-bond donors (Lipinski definition) is 1. The summed E-state index contributed by atoms with van der Waals surface area (Å²) in [5.41, 5.74) is 1.02. The van der Waals surface area contributed by atoms with Crippen LogP contribution in [-0.4, -0.2) is 12.5 Å². The number of nitrogens with one attached hydrogen (secondary N) is 1. The van der Waals surface area contributed by atoms with Crippen molar-refractivity contribution in [2.75, 3.05) is 6.61 Å². The SMILES string of the molecule is O=C(COc1ccc(F)cc1Cl)N[C@@H](c1ccc(Cl)cc1)C1CC1. The Morgan fingerprint density at radius 1 is 1.21 bits per heavy atom. The van der Waals surface area contributed by atoms with Crippen molar-refractivity contribution in [3.05, 3.63) is 63.9 Å². The standard InChI is InChI=1S/C18H16Cl2FNO2/c19-13-5-3-12(4-6-13)18(11-1-2-11)22-17(23)10-24-16-8-7-14(21)9-15(16)20/h3-9,11,18H,1-2,10H2,(H,22,23)/t18-/m1/s1. The molecule has 1 N–H and O–H groups in total. The zero-order valence-electron chi connectivity index (χ0n) is 12.8. The van der Waals surface area contributed by atoms with Gasteiger partial charge in [-0.3, -0.25) is 4.79 Å². The summed E-state index contributed by atoms with van der Waals surface area (Å²) in [4.78, 5) is 12.2. The van der Waals surface area contributed by atoms with E-state index in [1.165, 1.54) is 12.1 Å². The summed E-state index contributed by atoms with van der Waals surface area (Å²) in [7, 11) is 0. The Hall–Kier alpha value is -1.78. The average molecular weight is 368 g/mol. The second kappa shape index (κ2) is 7.41. The van der Waals surface area contributed by atoms with Crippen LogP contribution in [0.5, 0.6) is 5.75 Å². The Kier molecular flexibility index (Phi) is 5.27. The molecule has 0 heterocycles. The van der Waals surface area contributed by atoms with Crippen LogP contribution < -0.4 is 10.1 Å². The van der Waals surface area contributed by atoms with Crippen LogP contribution in [0.15, 0.2) is 42.5 Å². The third-order valence-electron chi connectivity index (χ3n) is 3.89. The molecular formula is C18H16Cl2FNO2. The first-order valence-corrected chi connectivity index (χ1v) is 8.41. The lowest BCUT2D eigenvalue weighted by Gasteiger charge is -2.19. The summed E-state index contributed by atoms with van der Waals surface area (Å²) in [5.74, 6) is 0.0165. The zero-order chi connectivity index (χ0) is 17.1. The van der Waals surface area contributed by atoms with Gasteiger partial charge >= 0.3 is 0 Å². The van der Waals surface area contributed by atoms with Crippen molar-refractivity contribution in [1.82, 2.24) is 5.32 Å². The monoisotopic (exact) mass is 367 g/mol. The van der Waals surface area contributed by atoms with Gasteiger partial charge in [0.1, 0.15) is 11.6 Å². The van der Waals surface area contributed by atoms with E-state index in [4.69, 9.17) is 27.9 Å². The predicted molar refractivity (Wildman–Crippen MR) is 92.0 cm³/mol. The molecule has 3 nitrogen and oxygen atoms in total. The van der Waals surface area contributed by atoms with Gasteiger partial charge in [0.2, 0.25) is 0 Å². The maximum atomic E-state index is 13.0. The van der Waals surface area contributed by atoms with Crippen LogP contribution in [0.3, 0.4) is 0 Å². The van der Waals surface area contributed by atoms with Gasteiger partial charge in [0.15, 0.2) is 6.61 Å². The molecule has 0 bridgehead atoms. The van der Waals surface area contributed by atoms with E-state index in [1.807, 2.05) is 24.3 Å². The molecule has 0 aliphatic heterocycles. The largest absolute Gasteiger partial charge is 0.482 e. The molecule has 24 heavy (non-hydrogen) atoms. The van der Waals surface area contributed by atoms with Crippen molar-refractivity contribution in [2.45, 2.75) is 18.9 Å². The molecule has 0 unspecified atom stereocenters. The Bertz CT molecular complexity index is 732. The molecule has 1 fully saturated rings. The number of rotatable bonds is 6. The van der Waals surface area contributed by atoms with Crippen LogP contribution in [0.2, 0.25) is 10.0 Å². The van der Waals surface area contributed by atoms with Crippen molar-refractivity contribution in [1.29, 1.82) is 0 Å². The van der Waals surface area contributed by atoms with Crippen LogP contribution in [0, 0.1) is 11.7 Å². The molecule has 0 aromatic heterocycles. The number of hydrogen-bond acceptors (Lipinski definition) is 2. The van der Waals surface area contributed by atoms with Crippen molar-refractivity contribution >= 4 is 29.1 Å². The highest BCUT2D eigenvalue weighted by molar-refractivity contribution is 6.32. The molecule has 1 amide bonds. The van der Waals surface area contributed by atoms with Crippen molar-refractivity contribution in [3.63, 3.8) is 0 Å². The molecule has 126 valence electrons. The highest BCUT2D eigenvalue weighted by Gasteiger charge is 2.33. The topological polar surface area (TPSA) is 38.3 Å². The number of carbonyl (C=O) groups is 1. The van der Waals surface area contributed by atoms with Gasteiger partial charge in [-0.05, 0) is 54.7 Å². The minimum atomic E-state index is -0.451. The lowest BCUT2D eigenvalue weighted by molar-refractivity contribution is -0.124. The third-order valence-corrected chi connectivity index (χ3v) is 4.44.